The number of rotatable bonds is 5. The highest BCUT2D eigenvalue weighted by atomic mass is 32.1. The highest BCUT2D eigenvalue weighted by Gasteiger charge is 2.19. The number of aryl methyl sites for hydroxylation is 1. The summed E-state index contributed by atoms with van der Waals surface area (Å²) in [5.74, 6) is 1.77. The van der Waals surface area contributed by atoms with Crippen LogP contribution < -0.4 is 14.8 Å². The summed E-state index contributed by atoms with van der Waals surface area (Å²) in [7, 11) is 0. The van der Waals surface area contributed by atoms with E-state index in [2.05, 4.69) is 17.0 Å². The van der Waals surface area contributed by atoms with Crippen molar-refractivity contribution in [3.05, 3.63) is 74.5 Å². The first-order valence-corrected chi connectivity index (χ1v) is 10.6. The lowest BCUT2D eigenvalue weighted by Crippen LogP contribution is -2.23. The number of aromatic nitrogens is 3. The molecule has 0 aliphatic rings. The van der Waals surface area contributed by atoms with Crippen LogP contribution >= 0.6 is 11.3 Å². The van der Waals surface area contributed by atoms with Crippen molar-refractivity contribution in [3.8, 4) is 17.3 Å². The summed E-state index contributed by atoms with van der Waals surface area (Å²) in [6.07, 6.45) is 2.75. The third kappa shape index (κ3) is 3.07. The van der Waals surface area contributed by atoms with Crippen molar-refractivity contribution < 1.29 is 9.15 Å². The number of ether oxygens (including phenoxy) is 1. The fourth-order valence-corrected chi connectivity index (χ4v) is 4.30. The summed E-state index contributed by atoms with van der Waals surface area (Å²) >= 11 is 1.30. The molecule has 3 aromatic heterocycles. The van der Waals surface area contributed by atoms with E-state index in [4.69, 9.17) is 9.15 Å². The van der Waals surface area contributed by atoms with Crippen LogP contribution in [0.5, 0.6) is 5.75 Å². The van der Waals surface area contributed by atoms with Gasteiger partial charge in [-0.15, -0.1) is 5.10 Å². The molecule has 5 rings (SSSR count). The number of para-hydroxylation sites is 2. The minimum Gasteiger partial charge on any atom is -0.493 e. The smallest absolute Gasteiger partial charge is 0.291 e. The molecule has 0 bridgehead atoms. The second-order valence-corrected chi connectivity index (χ2v) is 7.99. The monoisotopic (exact) mass is 417 g/mol. The van der Waals surface area contributed by atoms with Gasteiger partial charge >= 0.3 is 0 Å². The van der Waals surface area contributed by atoms with Crippen LogP contribution in [0.3, 0.4) is 0 Å². The van der Waals surface area contributed by atoms with Crippen molar-refractivity contribution in [2.24, 2.45) is 0 Å². The fourth-order valence-electron chi connectivity index (χ4n) is 3.40. The van der Waals surface area contributed by atoms with Crippen molar-refractivity contribution in [1.82, 2.24) is 14.6 Å². The molecular weight excluding hydrogens is 398 g/mol. The van der Waals surface area contributed by atoms with Gasteiger partial charge in [-0.25, -0.2) is 0 Å². The summed E-state index contributed by atoms with van der Waals surface area (Å²) in [6, 6.07) is 15.5. The normalized spacial score (nSPS) is 12.3. The van der Waals surface area contributed by atoms with Crippen LogP contribution in [0.25, 0.3) is 33.6 Å². The predicted octanol–water partition coefficient (Wildman–Crippen LogP) is 4.21. The molecule has 0 amide bonds. The second kappa shape index (κ2) is 7.42. The van der Waals surface area contributed by atoms with E-state index >= 15 is 0 Å². The Bertz CT molecular complexity index is 1480. The number of nitrogens with zero attached hydrogens (tertiary/aromatic N) is 3. The van der Waals surface area contributed by atoms with Crippen LogP contribution in [0.15, 0.2) is 57.7 Å². The van der Waals surface area contributed by atoms with Gasteiger partial charge in [0.2, 0.25) is 10.8 Å². The molecule has 0 aliphatic carbocycles. The van der Waals surface area contributed by atoms with Crippen molar-refractivity contribution in [3.63, 3.8) is 0 Å². The van der Waals surface area contributed by atoms with Crippen LogP contribution in [0.2, 0.25) is 0 Å². The Kier molecular flexibility index (Phi) is 4.59. The van der Waals surface area contributed by atoms with Crippen molar-refractivity contribution in [1.29, 1.82) is 0 Å². The summed E-state index contributed by atoms with van der Waals surface area (Å²) in [4.78, 5) is 18.0. The van der Waals surface area contributed by atoms with Gasteiger partial charge in [-0.3, -0.25) is 4.79 Å². The first-order chi connectivity index (χ1) is 14.7. The van der Waals surface area contributed by atoms with Crippen LogP contribution in [-0.2, 0) is 0 Å². The maximum absolute atomic E-state index is 12.9. The molecule has 0 unspecified atom stereocenters. The number of hydrogen-bond acceptors (Lipinski definition) is 6. The van der Waals surface area contributed by atoms with Crippen molar-refractivity contribution >= 4 is 33.3 Å². The Hall–Kier alpha value is -3.45. The molecule has 0 radical (unpaired) electrons. The highest BCUT2D eigenvalue weighted by Crippen LogP contribution is 2.31. The van der Waals surface area contributed by atoms with E-state index < -0.39 is 0 Å². The summed E-state index contributed by atoms with van der Waals surface area (Å²) in [6.45, 7) is 4.66. The Balaban J connectivity index is 1.59. The molecule has 0 saturated carbocycles. The van der Waals surface area contributed by atoms with E-state index in [-0.39, 0.29) is 5.56 Å². The lowest BCUT2D eigenvalue weighted by molar-refractivity contribution is 0.317. The molecular formula is C23H19N3O3S. The van der Waals surface area contributed by atoms with Gasteiger partial charge in [-0.05, 0) is 31.6 Å². The van der Waals surface area contributed by atoms with Gasteiger partial charge in [0.15, 0.2) is 5.76 Å². The zero-order valence-corrected chi connectivity index (χ0v) is 17.4. The van der Waals surface area contributed by atoms with Gasteiger partial charge in [0.05, 0.1) is 11.1 Å². The van der Waals surface area contributed by atoms with Gasteiger partial charge in [0, 0.05) is 16.5 Å². The molecule has 0 atom stereocenters. The Labute approximate surface area is 176 Å². The Morgan fingerprint density at radius 1 is 1.17 bits per heavy atom. The van der Waals surface area contributed by atoms with Crippen LogP contribution in [0.4, 0.5) is 0 Å². The Morgan fingerprint density at radius 2 is 1.97 bits per heavy atom. The molecule has 7 heteroatoms. The van der Waals surface area contributed by atoms with E-state index in [0.717, 1.165) is 34.3 Å². The summed E-state index contributed by atoms with van der Waals surface area (Å²) < 4.78 is 13.6. The van der Waals surface area contributed by atoms with Crippen molar-refractivity contribution in [2.45, 2.75) is 20.3 Å². The number of furan rings is 1. The van der Waals surface area contributed by atoms with E-state index in [1.807, 2.05) is 61.5 Å². The molecule has 150 valence electrons. The highest BCUT2D eigenvalue weighted by molar-refractivity contribution is 7.15. The zero-order valence-electron chi connectivity index (χ0n) is 16.6. The molecule has 2 aromatic carbocycles. The molecule has 0 saturated heterocycles. The Morgan fingerprint density at radius 3 is 2.77 bits per heavy atom. The molecule has 0 aliphatic heterocycles. The van der Waals surface area contributed by atoms with E-state index in [1.165, 1.54) is 15.9 Å². The minimum atomic E-state index is -0.201. The molecule has 0 N–H and O–H groups in total. The first-order valence-electron chi connectivity index (χ1n) is 9.77. The quantitative estimate of drug-likeness (QED) is 0.428. The van der Waals surface area contributed by atoms with Gasteiger partial charge in [0.1, 0.15) is 11.3 Å². The maximum Gasteiger partial charge on any atom is 0.291 e. The van der Waals surface area contributed by atoms with Crippen LogP contribution in [0, 0.1) is 6.92 Å². The summed E-state index contributed by atoms with van der Waals surface area (Å²) in [5, 5.41) is 5.45. The molecule has 0 spiro atoms. The van der Waals surface area contributed by atoms with E-state index in [9.17, 15) is 4.79 Å². The predicted molar refractivity (Wildman–Crippen MR) is 118 cm³/mol. The van der Waals surface area contributed by atoms with Gasteiger partial charge in [-0.2, -0.15) is 9.50 Å². The SMILES string of the molecule is CCCOc1ccccc1/C=c1\sc2nc(-c3oc4ccccc4c3C)nn2c1=O. The lowest BCUT2D eigenvalue weighted by atomic mass is 10.1. The van der Waals surface area contributed by atoms with Gasteiger partial charge in [0.25, 0.3) is 5.56 Å². The first kappa shape index (κ1) is 18.6. The maximum atomic E-state index is 12.9. The number of hydrogen-bond donors (Lipinski definition) is 0. The largest absolute Gasteiger partial charge is 0.493 e. The average molecular weight is 417 g/mol. The second-order valence-electron chi connectivity index (χ2n) is 6.98. The fraction of sp³-hybridized carbons (Fsp3) is 0.174. The minimum absolute atomic E-state index is 0.201. The van der Waals surface area contributed by atoms with Crippen LogP contribution in [0.1, 0.15) is 24.5 Å². The topological polar surface area (TPSA) is 69.6 Å². The zero-order chi connectivity index (χ0) is 20.7. The number of fused-ring (bicyclic) bond motifs is 2. The third-order valence-electron chi connectivity index (χ3n) is 4.90. The van der Waals surface area contributed by atoms with Gasteiger partial charge < -0.3 is 9.15 Å². The number of benzene rings is 2. The third-order valence-corrected chi connectivity index (χ3v) is 5.86. The van der Waals surface area contributed by atoms with Crippen LogP contribution in [-0.4, -0.2) is 21.2 Å². The van der Waals surface area contributed by atoms with Gasteiger partial charge in [-0.1, -0.05) is 54.7 Å². The molecule has 30 heavy (non-hydrogen) atoms. The summed E-state index contributed by atoms with van der Waals surface area (Å²) in [5.41, 5.74) is 2.40. The molecule has 5 aromatic rings. The lowest BCUT2D eigenvalue weighted by Gasteiger charge is -2.07. The van der Waals surface area contributed by atoms with E-state index in [0.29, 0.717) is 27.7 Å². The number of thiazole rings is 1. The molecule has 6 nitrogen and oxygen atoms in total. The van der Waals surface area contributed by atoms with Crippen molar-refractivity contribution in [2.75, 3.05) is 6.61 Å². The average Bonchev–Trinajstić information content (AvgIpc) is 3.41. The molecule has 3 heterocycles. The molecule has 0 fully saturated rings. The van der Waals surface area contributed by atoms with E-state index in [1.54, 1.807) is 0 Å². The standard InChI is InChI=1S/C23H19N3O3S/c1-3-12-28-17-10-6-4-8-15(17)13-19-22(27)26-23(30-19)24-21(25-26)20-14(2)16-9-5-7-11-18(16)29-20/h4-11,13H,3,12H2,1-2H3/b19-13-.